The lowest BCUT2D eigenvalue weighted by atomic mass is 9.70. The third kappa shape index (κ3) is 5.24. The van der Waals surface area contributed by atoms with E-state index in [0.717, 1.165) is 17.5 Å². The molecule has 2 aromatic carbocycles. The highest BCUT2D eigenvalue weighted by Gasteiger charge is 2.76. The van der Waals surface area contributed by atoms with E-state index in [1.807, 2.05) is 52.8 Å². The van der Waals surface area contributed by atoms with Crippen molar-refractivity contribution >= 4 is 56.8 Å². The number of hydrogen-bond donors (Lipinski definition) is 3. The maximum atomic E-state index is 14.5. The Morgan fingerprint density at radius 2 is 1.86 bits per heavy atom. The number of hydrogen-bond acceptors (Lipinski definition) is 6. The molecule has 3 aliphatic rings. The molecule has 3 aliphatic heterocycles. The summed E-state index contributed by atoms with van der Waals surface area (Å²) in [7, 11) is 0. The third-order valence-corrected chi connectivity index (χ3v) is 12.4. The molecule has 3 amide bonds. The number of carbonyl (C=O) groups excluding carboxylic acids is 3. The molecule has 8 atom stereocenters. The molecule has 42 heavy (non-hydrogen) atoms. The first-order chi connectivity index (χ1) is 20.1. The van der Waals surface area contributed by atoms with Crippen LogP contribution in [0.3, 0.4) is 0 Å². The number of nitrogens with zero attached hydrogens (tertiary/aromatic N) is 1. The molecule has 10 heteroatoms. The van der Waals surface area contributed by atoms with E-state index >= 15 is 0 Å². The lowest BCUT2D eigenvalue weighted by Gasteiger charge is -2.39. The summed E-state index contributed by atoms with van der Waals surface area (Å²) in [5.41, 5.74) is 3.26. The summed E-state index contributed by atoms with van der Waals surface area (Å²) >= 11 is 5.41. The number of benzene rings is 2. The molecule has 3 fully saturated rings. The molecule has 0 saturated carbocycles. The second kappa shape index (κ2) is 12.2. The molecule has 0 aliphatic carbocycles. The topological polar surface area (TPSA) is 108 Å². The average molecular weight is 659 g/mol. The highest BCUT2D eigenvalue weighted by molar-refractivity contribution is 9.09. The van der Waals surface area contributed by atoms with Crippen molar-refractivity contribution in [3.05, 3.63) is 53.6 Å². The van der Waals surface area contributed by atoms with E-state index in [9.17, 15) is 19.5 Å². The summed E-state index contributed by atoms with van der Waals surface area (Å²) in [5, 5.41) is 16.5. The molecule has 3 unspecified atom stereocenters. The molecule has 3 N–H and O–H groups in total. The molecule has 3 saturated heterocycles. The van der Waals surface area contributed by atoms with Crippen LogP contribution in [0.4, 0.5) is 11.4 Å². The van der Waals surface area contributed by atoms with Crippen LogP contribution < -0.4 is 15.4 Å². The summed E-state index contributed by atoms with van der Waals surface area (Å²) in [4.78, 5) is 44.3. The summed E-state index contributed by atoms with van der Waals surface area (Å²) in [6.45, 7) is 10.1. The number of halogens is 1. The van der Waals surface area contributed by atoms with Gasteiger partial charge in [0, 0.05) is 21.5 Å². The highest BCUT2D eigenvalue weighted by atomic mass is 79.9. The number of nitrogens with one attached hydrogen (secondary N) is 2. The molecular weight excluding hydrogens is 618 g/mol. The largest absolute Gasteiger partial charge is 0.494 e. The van der Waals surface area contributed by atoms with E-state index in [1.54, 1.807) is 40.9 Å². The minimum absolute atomic E-state index is 0.0386. The fourth-order valence-electron chi connectivity index (χ4n) is 6.94. The Hall–Kier alpha value is -2.56. The molecule has 0 aromatic heterocycles. The van der Waals surface area contributed by atoms with Crippen LogP contribution in [0.25, 0.3) is 0 Å². The second-order valence-electron chi connectivity index (χ2n) is 11.8. The van der Waals surface area contributed by atoms with Crippen molar-refractivity contribution in [2.75, 3.05) is 23.8 Å². The van der Waals surface area contributed by atoms with E-state index in [0.29, 0.717) is 30.2 Å². The standard InChI is InChI=1S/C32H40BrN3O5S/c1-6-18(4)24(16-37)36-28(30(39)35-23-14-17(3)8-9-19(23)5)32-15-22(33)27(42-32)25(26(32)31(36)40)29(38)34-20-10-12-21(13-11-20)41-7-2/h8-14,18,22,24-28,37H,6-7,15-16H2,1-5H3,(H,34,38)(H,35,39)/t18-,22?,24-,25+,26-,27+,28?,32?/m0/s1. The first-order valence-electron chi connectivity index (χ1n) is 14.7. The van der Waals surface area contributed by atoms with Gasteiger partial charge in [-0.1, -0.05) is 48.3 Å². The number of aliphatic hydroxyl groups is 1. The van der Waals surface area contributed by atoms with Gasteiger partial charge in [-0.15, -0.1) is 11.8 Å². The van der Waals surface area contributed by atoms with Crippen molar-refractivity contribution in [1.29, 1.82) is 0 Å². The van der Waals surface area contributed by atoms with E-state index in [-0.39, 0.29) is 40.3 Å². The Morgan fingerprint density at radius 3 is 2.50 bits per heavy atom. The summed E-state index contributed by atoms with van der Waals surface area (Å²) < 4.78 is 4.72. The Labute approximate surface area is 260 Å². The molecular formula is C32H40BrN3O5S. The predicted molar refractivity (Wildman–Crippen MR) is 170 cm³/mol. The van der Waals surface area contributed by atoms with Crippen LogP contribution >= 0.6 is 27.7 Å². The summed E-state index contributed by atoms with van der Waals surface area (Å²) in [6.07, 6.45) is 1.31. The Bertz CT molecular complexity index is 1360. The third-order valence-electron chi connectivity index (χ3n) is 9.21. The number of amides is 3. The van der Waals surface area contributed by atoms with Gasteiger partial charge in [0.2, 0.25) is 17.7 Å². The maximum absolute atomic E-state index is 14.5. The van der Waals surface area contributed by atoms with Crippen LogP contribution in [-0.4, -0.2) is 67.8 Å². The SMILES string of the molecule is CCOc1ccc(NC(=O)[C@H]2[C@@H]3SC4(CC3Br)C(C(=O)Nc3cc(C)ccc3C)N([C@@H](CO)[C@@H](C)CC)C(=O)[C@H]24)cc1. The van der Waals surface area contributed by atoms with Crippen LogP contribution in [0.15, 0.2) is 42.5 Å². The zero-order valence-electron chi connectivity index (χ0n) is 24.7. The predicted octanol–water partition coefficient (Wildman–Crippen LogP) is 5.15. The van der Waals surface area contributed by atoms with Gasteiger partial charge >= 0.3 is 0 Å². The average Bonchev–Trinajstić information content (AvgIpc) is 3.55. The van der Waals surface area contributed by atoms with Crippen LogP contribution in [0, 0.1) is 31.6 Å². The molecule has 1 spiro atoms. The van der Waals surface area contributed by atoms with E-state index < -0.39 is 28.7 Å². The van der Waals surface area contributed by atoms with Crippen LogP contribution in [-0.2, 0) is 14.4 Å². The summed E-state index contributed by atoms with van der Waals surface area (Å²) in [6, 6.07) is 11.7. The quantitative estimate of drug-likeness (QED) is 0.305. The molecule has 2 aromatic rings. The minimum Gasteiger partial charge on any atom is -0.494 e. The Balaban J connectivity index is 1.52. The lowest BCUT2D eigenvalue weighted by Crippen LogP contribution is -2.56. The number of alkyl halides is 1. The fourth-order valence-corrected chi connectivity index (χ4v) is 10.5. The van der Waals surface area contributed by atoms with Gasteiger partial charge in [-0.2, -0.15) is 0 Å². The first-order valence-corrected chi connectivity index (χ1v) is 16.5. The normalized spacial score (nSPS) is 29.3. The zero-order chi connectivity index (χ0) is 30.3. The molecule has 0 radical (unpaired) electrons. The van der Waals surface area contributed by atoms with E-state index in [4.69, 9.17) is 4.74 Å². The fraction of sp³-hybridized carbons (Fsp3) is 0.531. The number of ether oxygens (including phenoxy) is 1. The number of carbonyl (C=O) groups is 3. The van der Waals surface area contributed by atoms with Gasteiger partial charge in [-0.05, 0) is 74.6 Å². The molecule has 3 heterocycles. The number of thioether (sulfide) groups is 1. The molecule has 5 rings (SSSR count). The van der Waals surface area contributed by atoms with Gasteiger partial charge in [0.25, 0.3) is 0 Å². The van der Waals surface area contributed by atoms with E-state index in [2.05, 4.69) is 26.6 Å². The van der Waals surface area contributed by atoms with Crippen LogP contribution in [0.1, 0.15) is 44.7 Å². The lowest BCUT2D eigenvalue weighted by molar-refractivity contribution is -0.142. The Kier molecular flexibility index (Phi) is 8.98. The van der Waals surface area contributed by atoms with Gasteiger partial charge in [-0.25, -0.2) is 0 Å². The number of rotatable bonds is 10. The van der Waals surface area contributed by atoms with Crippen molar-refractivity contribution in [1.82, 2.24) is 4.90 Å². The van der Waals surface area contributed by atoms with Gasteiger partial charge in [-0.3, -0.25) is 14.4 Å². The van der Waals surface area contributed by atoms with Crippen LogP contribution in [0.5, 0.6) is 5.75 Å². The van der Waals surface area contributed by atoms with Crippen molar-refractivity contribution in [3.8, 4) is 5.75 Å². The summed E-state index contributed by atoms with van der Waals surface area (Å²) in [5.74, 6) is -1.38. The number of anilines is 2. The monoisotopic (exact) mass is 657 g/mol. The highest BCUT2D eigenvalue weighted by Crippen LogP contribution is 2.68. The van der Waals surface area contributed by atoms with Crippen molar-refractivity contribution in [3.63, 3.8) is 0 Å². The number of aryl methyl sites for hydroxylation is 2. The first kappa shape index (κ1) is 30.9. The van der Waals surface area contributed by atoms with Gasteiger partial charge in [0.1, 0.15) is 11.8 Å². The minimum atomic E-state index is -0.834. The molecule has 8 nitrogen and oxygen atoms in total. The van der Waals surface area contributed by atoms with Crippen molar-refractivity contribution in [2.24, 2.45) is 17.8 Å². The smallest absolute Gasteiger partial charge is 0.248 e. The maximum Gasteiger partial charge on any atom is 0.248 e. The number of likely N-dealkylation sites (tertiary alicyclic amines) is 1. The van der Waals surface area contributed by atoms with Crippen molar-refractivity contribution in [2.45, 2.75) is 74.4 Å². The zero-order valence-corrected chi connectivity index (χ0v) is 27.1. The van der Waals surface area contributed by atoms with Gasteiger partial charge in [0.05, 0.1) is 35.8 Å². The Morgan fingerprint density at radius 1 is 1.14 bits per heavy atom. The van der Waals surface area contributed by atoms with Crippen molar-refractivity contribution < 1.29 is 24.2 Å². The number of aliphatic hydroxyl groups excluding tert-OH is 1. The van der Waals surface area contributed by atoms with Crippen LogP contribution in [0.2, 0.25) is 0 Å². The van der Waals surface area contributed by atoms with Gasteiger partial charge in [0.15, 0.2) is 0 Å². The molecule has 2 bridgehead atoms. The molecule has 226 valence electrons. The number of fused-ring (bicyclic) bond motifs is 1. The van der Waals surface area contributed by atoms with Gasteiger partial charge < -0.3 is 25.4 Å². The van der Waals surface area contributed by atoms with E-state index in [1.165, 1.54) is 0 Å². The second-order valence-corrected chi connectivity index (χ2v) is 14.5.